The lowest BCUT2D eigenvalue weighted by Crippen LogP contribution is -2.45. The summed E-state index contributed by atoms with van der Waals surface area (Å²) in [4.78, 5) is 10.4. The average Bonchev–Trinajstić information content (AvgIpc) is 2.88. The van der Waals surface area contributed by atoms with Crippen LogP contribution in [-0.2, 0) is 23.7 Å². The third-order valence-corrected chi connectivity index (χ3v) is 8.92. The number of rotatable bonds is 14. The predicted molar refractivity (Wildman–Crippen MR) is 150 cm³/mol. The van der Waals surface area contributed by atoms with Crippen LogP contribution in [0.4, 0.5) is 0 Å². The number of allylic oxidation sites excluding steroid dienone is 1. The largest absolute Gasteiger partial charge is 0.481 e. The summed E-state index contributed by atoms with van der Waals surface area (Å²) in [5, 5.41) is 8.57. The van der Waals surface area contributed by atoms with Crippen molar-refractivity contribution in [1.29, 1.82) is 0 Å². The zero-order valence-electron chi connectivity index (χ0n) is 25.1. The Bertz CT molecular complexity index is 621. The molecule has 218 valence electrons. The summed E-state index contributed by atoms with van der Waals surface area (Å²) >= 11 is 0. The van der Waals surface area contributed by atoms with Gasteiger partial charge in [0.1, 0.15) is 0 Å². The van der Waals surface area contributed by atoms with Crippen molar-refractivity contribution in [3.8, 4) is 0 Å². The number of hydrogen-bond acceptors (Lipinski definition) is 5. The van der Waals surface area contributed by atoms with Crippen molar-refractivity contribution in [2.24, 2.45) is 35.5 Å². The predicted octanol–water partition coefficient (Wildman–Crippen LogP) is 7.70. The molecule has 10 atom stereocenters. The number of carboxylic acid groups (broad SMARTS) is 1. The fourth-order valence-electron chi connectivity index (χ4n) is 5.46. The molecule has 6 nitrogen and oxygen atoms in total. The van der Waals surface area contributed by atoms with Crippen molar-refractivity contribution in [2.75, 3.05) is 13.2 Å². The first-order valence-electron chi connectivity index (χ1n) is 15.0. The van der Waals surface area contributed by atoms with Gasteiger partial charge in [-0.15, -0.1) is 6.58 Å². The number of hydrogen-bond donors (Lipinski definition) is 1. The molecule has 0 aromatic heterocycles. The van der Waals surface area contributed by atoms with Crippen LogP contribution in [0.15, 0.2) is 12.7 Å². The SMILES string of the molecule is C=CCCCCO[C@@H]1OC(CC)[C@@H](C)[C@H](C)C1C.CCC1O[C@@H](OCCCCC(=O)O)C(C)[C@@H](C)[C@@H]1C. The number of aliphatic carboxylic acids is 1. The second-order valence-corrected chi connectivity index (χ2v) is 11.4. The first-order valence-corrected chi connectivity index (χ1v) is 15.0. The topological polar surface area (TPSA) is 74.2 Å². The van der Waals surface area contributed by atoms with Gasteiger partial charge in [-0.2, -0.15) is 0 Å². The third kappa shape index (κ3) is 11.4. The first-order chi connectivity index (χ1) is 17.6. The molecule has 2 rings (SSSR count). The van der Waals surface area contributed by atoms with Gasteiger partial charge in [0.2, 0.25) is 0 Å². The minimum Gasteiger partial charge on any atom is -0.481 e. The summed E-state index contributed by atoms with van der Waals surface area (Å²) in [6.45, 7) is 23.0. The Labute approximate surface area is 227 Å². The van der Waals surface area contributed by atoms with Gasteiger partial charge in [0.25, 0.3) is 0 Å². The maximum Gasteiger partial charge on any atom is 0.303 e. The summed E-state index contributed by atoms with van der Waals surface area (Å²) in [6, 6.07) is 0. The molecule has 0 aromatic rings. The van der Waals surface area contributed by atoms with Crippen molar-refractivity contribution < 1.29 is 28.8 Å². The van der Waals surface area contributed by atoms with E-state index < -0.39 is 5.97 Å². The highest BCUT2D eigenvalue weighted by atomic mass is 16.7. The van der Waals surface area contributed by atoms with E-state index in [2.05, 4.69) is 62.0 Å². The molecule has 2 aliphatic heterocycles. The Morgan fingerprint density at radius 1 is 0.730 bits per heavy atom. The number of carboxylic acids is 1. The van der Waals surface area contributed by atoms with Gasteiger partial charge in [0, 0.05) is 31.5 Å². The molecular weight excluding hydrogens is 468 g/mol. The normalized spacial score (nSPS) is 35.9. The Balaban J connectivity index is 0.000000371. The standard InChI is InChI=1S/C16H30O2.C15H28O4/c1-6-8-9-10-11-17-16-14(5)12(3)13(4)15(7-2)18-16;1-5-13-11(3)10(2)12(4)15(19-13)18-9-7-6-8-14(16)17/h6,12-16H,1,7-11H2,2-5H3;10-13,15H,5-9H2,1-4H3,(H,16,17)/t12-,13-,14?,15?,16+;10-,11-,12?,13?,15+/m00/s1. The Morgan fingerprint density at radius 2 is 1.16 bits per heavy atom. The van der Waals surface area contributed by atoms with Gasteiger partial charge in [0.05, 0.1) is 12.2 Å². The smallest absolute Gasteiger partial charge is 0.303 e. The van der Waals surface area contributed by atoms with Gasteiger partial charge in [-0.05, 0) is 68.6 Å². The van der Waals surface area contributed by atoms with Crippen LogP contribution in [0, 0.1) is 35.5 Å². The van der Waals surface area contributed by atoms with Crippen LogP contribution in [0.1, 0.15) is 107 Å². The molecule has 4 unspecified atom stereocenters. The van der Waals surface area contributed by atoms with Gasteiger partial charge in [-0.25, -0.2) is 0 Å². The molecule has 2 heterocycles. The molecule has 0 saturated carbocycles. The lowest BCUT2D eigenvalue weighted by Gasteiger charge is -2.43. The lowest BCUT2D eigenvalue weighted by molar-refractivity contribution is -0.248. The van der Waals surface area contributed by atoms with Crippen molar-refractivity contribution >= 4 is 5.97 Å². The van der Waals surface area contributed by atoms with Crippen molar-refractivity contribution in [2.45, 2.75) is 132 Å². The molecule has 2 aliphatic rings. The second-order valence-electron chi connectivity index (χ2n) is 11.4. The highest BCUT2D eigenvalue weighted by molar-refractivity contribution is 5.66. The molecule has 0 amide bonds. The molecule has 2 saturated heterocycles. The Kier molecular flexibility index (Phi) is 16.9. The van der Waals surface area contributed by atoms with E-state index in [0.29, 0.717) is 54.6 Å². The van der Waals surface area contributed by atoms with Crippen LogP contribution < -0.4 is 0 Å². The van der Waals surface area contributed by atoms with Crippen LogP contribution in [0.25, 0.3) is 0 Å². The van der Waals surface area contributed by atoms with Gasteiger partial charge in [-0.3, -0.25) is 4.79 Å². The van der Waals surface area contributed by atoms with Crippen LogP contribution in [0.5, 0.6) is 0 Å². The molecule has 0 spiro atoms. The number of carbonyl (C=O) groups is 1. The van der Waals surface area contributed by atoms with Gasteiger partial charge >= 0.3 is 5.97 Å². The zero-order chi connectivity index (χ0) is 28.0. The summed E-state index contributed by atoms with van der Waals surface area (Å²) in [5.41, 5.74) is 0. The van der Waals surface area contributed by atoms with Gasteiger partial charge < -0.3 is 24.1 Å². The molecule has 2 fully saturated rings. The molecule has 0 bridgehead atoms. The minimum absolute atomic E-state index is 0.00937. The van der Waals surface area contributed by atoms with E-state index in [1.165, 1.54) is 0 Å². The number of unbranched alkanes of at least 4 members (excludes halogenated alkanes) is 3. The lowest BCUT2D eigenvalue weighted by atomic mass is 9.78. The fraction of sp³-hybridized carbons (Fsp3) is 0.903. The van der Waals surface area contributed by atoms with Crippen molar-refractivity contribution in [3.05, 3.63) is 12.7 Å². The fourth-order valence-corrected chi connectivity index (χ4v) is 5.46. The van der Waals surface area contributed by atoms with Crippen LogP contribution >= 0.6 is 0 Å². The molecule has 0 aliphatic carbocycles. The van der Waals surface area contributed by atoms with Gasteiger partial charge in [0.15, 0.2) is 12.6 Å². The summed E-state index contributed by atoms with van der Waals surface area (Å²) in [7, 11) is 0. The molecule has 1 N–H and O–H groups in total. The molecule has 0 aromatic carbocycles. The van der Waals surface area contributed by atoms with Gasteiger partial charge in [-0.1, -0.05) is 61.5 Å². The van der Waals surface area contributed by atoms with E-state index in [4.69, 9.17) is 24.1 Å². The van der Waals surface area contributed by atoms with E-state index in [1.807, 2.05) is 6.08 Å². The van der Waals surface area contributed by atoms with E-state index in [0.717, 1.165) is 45.1 Å². The minimum atomic E-state index is -0.740. The maximum atomic E-state index is 10.4. The summed E-state index contributed by atoms with van der Waals surface area (Å²) in [6.07, 6.45) is 9.54. The van der Waals surface area contributed by atoms with E-state index in [1.54, 1.807) is 0 Å². The second kappa shape index (κ2) is 18.4. The van der Waals surface area contributed by atoms with Crippen LogP contribution in [-0.4, -0.2) is 49.1 Å². The van der Waals surface area contributed by atoms with Crippen LogP contribution in [0.3, 0.4) is 0 Å². The Hall–Kier alpha value is -0.950. The van der Waals surface area contributed by atoms with E-state index >= 15 is 0 Å². The Morgan fingerprint density at radius 3 is 1.54 bits per heavy atom. The number of ether oxygens (including phenoxy) is 4. The summed E-state index contributed by atoms with van der Waals surface area (Å²) < 4.78 is 23.9. The van der Waals surface area contributed by atoms with Crippen LogP contribution in [0.2, 0.25) is 0 Å². The highest BCUT2D eigenvalue weighted by Gasteiger charge is 2.39. The van der Waals surface area contributed by atoms with E-state index in [-0.39, 0.29) is 25.1 Å². The molecule has 37 heavy (non-hydrogen) atoms. The monoisotopic (exact) mass is 526 g/mol. The zero-order valence-corrected chi connectivity index (χ0v) is 25.1. The highest BCUT2D eigenvalue weighted by Crippen LogP contribution is 2.37. The summed E-state index contributed by atoms with van der Waals surface area (Å²) in [5.74, 6) is 2.58. The third-order valence-electron chi connectivity index (χ3n) is 8.92. The first kappa shape index (κ1) is 34.1. The van der Waals surface area contributed by atoms with Crippen molar-refractivity contribution in [3.63, 3.8) is 0 Å². The maximum absolute atomic E-state index is 10.4. The molecule has 0 radical (unpaired) electrons. The molecular formula is C31H58O6. The quantitative estimate of drug-likeness (QED) is 0.185. The van der Waals surface area contributed by atoms with Crippen molar-refractivity contribution in [1.82, 2.24) is 0 Å². The van der Waals surface area contributed by atoms with E-state index in [9.17, 15) is 4.79 Å². The average molecular weight is 527 g/mol. The molecule has 6 heteroatoms.